The number of nitrogens with zero attached hydrogens (tertiary/aromatic N) is 3. The molecule has 4 rings (SSSR count). The Labute approximate surface area is 171 Å². The molecule has 2 aliphatic rings. The highest BCUT2D eigenvalue weighted by molar-refractivity contribution is 7.15. The predicted molar refractivity (Wildman–Crippen MR) is 111 cm³/mol. The molecule has 3 amide bonds. The standard InChI is InChI=1S/C18H24N6O2S2/c1-11-10-27-17(19-11)22-15(25)9-24-7-6-13-14(8-24)28-18(21-13)23-16(26)20-12-4-2-3-5-12/h10,12H,2-9H2,1H3,(H,19,22,25)(H2,20,21,23,26). The Morgan fingerprint density at radius 2 is 2.04 bits per heavy atom. The van der Waals surface area contributed by atoms with E-state index in [2.05, 4.69) is 30.8 Å². The van der Waals surface area contributed by atoms with Crippen molar-refractivity contribution in [2.75, 3.05) is 23.7 Å². The van der Waals surface area contributed by atoms with Crippen LogP contribution in [0.25, 0.3) is 0 Å². The summed E-state index contributed by atoms with van der Waals surface area (Å²) in [5, 5.41) is 11.9. The first kappa shape index (κ1) is 19.3. The fourth-order valence-corrected chi connectivity index (χ4v) is 5.35. The number of aryl methyl sites for hydroxylation is 1. The number of urea groups is 1. The fraction of sp³-hybridized carbons (Fsp3) is 0.556. The van der Waals surface area contributed by atoms with E-state index < -0.39 is 0 Å². The molecule has 0 radical (unpaired) electrons. The van der Waals surface area contributed by atoms with Gasteiger partial charge in [-0.1, -0.05) is 12.8 Å². The number of aromatic nitrogens is 2. The van der Waals surface area contributed by atoms with E-state index in [0.717, 1.165) is 42.1 Å². The highest BCUT2D eigenvalue weighted by atomic mass is 32.1. The lowest BCUT2D eigenvalue weighted by Gasteiger charge is -2.24. The van der Waals surface area contributed by atoms with Crippen LogP contribution in [-0.4, -0.2) is 45.9 Å². The molecule has 28 heavy (non-hydrogen) atoms. The Balaban J connectivity index is 1.28. The number of carbonyl (C=O) groups is 2. The predicted octanol–water partition coefficient (Wildman–Crippen LogP) is 2.97. The topological polar surface area (TPSA) is 99.3 Å². The molecule has 150 valence electrons. The molecule has 1 fully saturated rings. The first-order valence-corrected chi connectivity index (χ1v) is 11.3. The maximum Gasteiger partial charge on any atom is 0.321 e. The Morgan fingerprint density at radius 3 is 2.79 bits per heavy atom. The maximum absolute atomic E-state index is 12.3. The third-order valence-electron chi connectivity index (χ3n) is 4.95. The summed E-state index contributed by atoms with van der Waals surface area (Å²) in [5.74, 6) is -0.0587. The van der Waals surface area contributed by atoms with Gasteiger partial charge in [-0.25, -0.2) is 14.8 Å². The molecule has 0 atom stereocenters. The zero-order chi connectivity index (χ0) is 19.5. The van der Waals surface area contributed by atoms with Crippen molar-refractivity contribution in [3.05, 3.63) is 21.6 Å². The van der Waals surface area contributed by atoms with Gasteiger partial charge < -0.3 is 10.6 Å². The first-order chi connectivity index (χ1) is 13.5. The average Bonchev–Trinajstić information content (AvgIpc) is 3.36. The van der Waals surface area contributed by atoms with Crippen LogP contribution in [0, 0.1) is 6.92 Å². The minimum atomic E-state index is -0.173. The minimum Gasteiger partial charge on any atom is -0.335 e. The van der Waals surface area contributed by atoms with Crippen LogP contribution >= 0.6 is 22.7 Å². The Hall–Kier alpha value is -2.04. The first-order valence-electron chi connectivity index (χ1n) is 9.55. The van der Waals surface area contributed by atoms with Gasteiger partial charge in [0.2, 0.25) is 5.91 Å². The summed E-state index contributed by atoms with van der Waals surface area (Å²) >= 11 is 2.93. The van der Waals surface area contributed by atoms with E-state index in [1.165, 1.54) is 35.5 Å². The summed E-state index contributed by atoms with van der Waals surface area (Å²) in [7, 11) is 0. The van der Waals surface area contributed by atoms with E-state index >= 15 is 0 Å². The number of nitrogens with one attached hydrogen (secondary N) is 3. The molecule has 1 aliphatic carbocycles. The zero-order valence-corrected chi connectivity index (χ0v) is 17.4. The third kappa shape index (κ3) is 4.86. The second-order valence-corrected chi connectivity index (χ2v) is 9.21. The summed E-state index contributed by atoms with van der Waals surface area (Å²) in [5.41, 5.74) is 1.93. The van der Waals surface area contributed by atoms with E-state index in [9.17, 15) is 9.59 Å². The summed E-state index contributed by atoms with van der Waals surface area (Å²) in [6.45, 7) is 3.67. The van der Waals surface area contributed by atoms with Crippen molar-refractivity contribution in [1.29, 1.82) is 0 Å². The van der Waals surface area contributed by atoms with Gasteiger partial charge in [0.15, 0.2) is 10.3 Å². The van der Waals surface area contributed by atoms with Gasteiger partial charge in [-0.05, 0) is 19.8 Å². The van der Waals surface area contributed by atoms with Crippen LogP contribution in [0.15, 0.2) is 5.38 Å². The van der Waals surface area contributed by atoms with Crippen molar-refractivity contribution in [2.24, 2.45) is 0 Å². The van der Waals surface area contributed by atoms with Gasteiger partial charge in [0.1, 0.15) is 0 Å². The molecule has 3 heterocycles. The second kappa shape index (κ2) is 8.54. The van der Waals surface area contributed by atoms with Crippen LogP contribution in [0.4, 0.5) is 15.1 Å². The molecular formula is C18H24N6O2S2. The Morgan fingerprint density at radius 1 is 1.21 bits per heavy atom. The van der Waals surface area contributed by atoms with Crippen LogP contribution in [-0.2, 0) is 17.8 Å². The number of hydrogen-bond donors (Lipinski definition) is 3. The molecular weight excluding hydrogens is 396 g/mol. The normalized spacial score (nSPS) is 17.3. The van der Waals surface area contributed by atoms with Crippen molar-refractivity contribution in [3.63, 3.8) is 0 Å². The highest BCUT2D eigenvalue weighted by Gasteiger charge is 2.24. The Kier molecular flexibility index (Phi) is 5.88. The van der Waals surface area contributed by atoms with Crippen molar-refractivity contribution >= 4 is 44.9 Å². The smallest absolute Gasteiger partial charge is 0.321 e. The average molecular weight is 421 g/mol. The SMILES string of the molecule is Cc1csc(NC(=O)CN2CCc3nc(NC(=O)NC4CCCC4)sc3C2)n1. The molecule has 10 heteroatoms. The summed E-state index contributed by atoms with van der Waals surface area (Å²) in [6, 6.07) is 0.109. The number of thiazole rings is 2. The zero-order valence-electron chi connectivity index (χ0n) is 15.8. The molecule has 8 nitrogen and oxygen atoms in total. The summed E-state index contributed by atoms with van der Waals surface area (Å²) in [6.07, 6.45) is 5.25. The summed E-state index contributed by atoms with van der Waals surface area (Å²) < 4.78 is 0. The van der Waals surface area contributed by atoms with Gasteiger partial charge >= 0.3 is 6.03 Å². The summed E-state index contributed by atoms with van der Waals surface area (Å²) in [4.78, 5) is 36.4. The van der Waals surface area contributed by atoms with Gasteiger partial charge in [0.25, 0.3) is 0 Å². The van der Waals surface area contributed by atoms with Crippen LogP contribution in [0.2, 0.25) is 0 Å². The number of hydrogen-bond acceptors (Lipinski definition) is 7. The molecule has 0 unspecified atom stereocenters. The molecule has 0 saturated heterocycles. The molecule has 0 aromatic carbocycles. The van der Waals surface area contributed by atoms with E-state index in [1.54, 1.807) is 0 Å². The number of fused-ring (bicyclic) bond motifs is 1. The molecule has 1 aliphatic heterocycles. The van der Waals surface area contributed by atoms with Crippen LogP contribution in [0.5, 0.6) is 0 Å². The lowest BCUT2D eigenvalue weighted by molar-refractivity contribution is -0.117. The lowest BCUT2D eigenvalue weighted by atomic mass is 10.2. The van der Waals surface area contributed by atoms with Crippen molar-refractivity contribution in [3.8, 4) is 0 Å². The number of carbonyl (C=O) groups excluding carboxylic acids is 2. The fourth-order valence-electron chi connectivity index (χ4n) is 3.60. The van der Waals surface area contributed by atoms with Gasteiger partial charge in [-0.3, -0.25) is 15.0 Å². The van der Waals surface area contributed by atoms with Gasteiger partial charge in [-0.15, -0.1) is 22.7 Å². The molecule has 3 N–H and O–H groups in total. The Bertz CT molecular complexity index is 858. The lowest BCUT2D eigenvalue weighted by Crippen LogP contribution is -2.36. The number of anilines is 2. The van der Waals surface area contributed by atoms with Crippen LogP contribution < -0.4 is 16.0 Å². The quantitative estimate of drug-likeness (QED) is 0.691. The van der Waals surface area contributed by atoms with Gasteiger partial charge in [-0.2, -0.15) is 0 Å². The minimum absolute atomic E-state index is 0.0587. The number of amides is 3. The van der Waals surface area contributed by atoms with Crippen LogP contribution in [0.1, 0.15) is 41.9 Å². The largest absolute Gasteiger partial charge is 0.335 e. The molecule has 0 spiro atoms. The maximum atomic E-state index is 12.3. The van der Waals surface area contributed by atoms with Crippen LogP contribution in [0.3, 0.4) is 0 Å². The van der Waals surface area contributed by atoms with Crippen molar-refractivity contribution in [1.82, 2.24) is 20.2 Å². The van der Waals surface area contributed by atoms with E-state index in [0.29, 0.717) is 23.4 Å². The molecule has 2 aromatic heterocycles. The van der Waals surface area contributed by atoms with Crippen molar-refractivity contribution < 1.29 is 9.59 Å². The molecule has 1 saturated carbocycles. The van der Waals surface area contributed by atoms with Gasteiger partial charge in [0, 0.05) is 35.8 Å². The van der Waals surface area contributed by atoms with Gasteiger partial charge in [0.05, 0.1) is 17.9 Å². The highest BCUT2D eigenvalue weighted by Crippen LogP contribution is 2.28. The van der Waals surface area contributed by atoms with E-state index in [4.69, 9.17) is 0 Å². The van der Waals surface area contributed by atoms with Crippen molar-refractivity contribution in [2.45, 2.75) is 51.6 Å². The monoisotopic (exact) mass is 420 g/mol. The second-order valence-electron chi connectivity index (χ2n) is 7.27. The number of rotatable bonds is 5. The third-order valence-corrected chi connectivity index (χ3v) is 6.83. The molecule has 0 bridgehead atoms. The molecule has 2 aromatic rings. The van der Waals surface area contributed by atoms with E-state index in [1.807, 2.05) is 12.3 Å². The van der Waals surface area contributed by atoms with E-state index in [-0.39, 0.29) is 18.0 Å².